The number of fused-ring (bicyclic) bond motifs is 4. The van der Waals surface area contributed by atoms with Crippen molar-refractivity contribution in [2.45, 2.75) is 0 Å². The van der Waals surface area contributed by atoms with Crippen LogP contribution < -0.4 is 4.74 Å². The van der Waals surface area contributed by atoms with Crippen molar-refractivity contribution in [2.24, 2.45) is 0 Å². The van der Waals surface area contributed by atoms with E-state index in [4.69, 9.17) is 9.72 Å². The van der Waals surface area contributed by atoms with Crippen LogP contribution in [0.1, 0.15) is 0 Å². The van der Waals surface area contributed by atoms with Crippen LogP contribution in [0.25, 0.3) is 72.2 Å². The number of aromatic nitrogens is 3. The van der Waals surface area contributed by atoms with Gasteiger partial charge in [-0.2, -0.15) is 0 Å². The van der Waals surface area contributed by atoms with E-state index in [-0.39, 0.29) is 0 Å². The van der Waals surface area contributed by atoms with Gasteiger partial charge in [0.25, 0.3) is 0 Å². The van der Waals surface area contributed by atoms with Gasteiger partial charge in [-0.25, -0.2) is 4.98 Å². The second-order valence-electron chi connectivity index (χ2n) is 11.7. The summed E-state index contributed by atoms with van der Waals surface area (Å²) in [5, 5.41) is 2.51. The van der Waals surface area contributed by atoms with Crippen LogP contribution in [-0.2, 0) is 0 Å². The highest BCUT2D eigenvalue weighted by atomic mass is 16.5. The minimum absolute atomic E-state index is 0.804. The smallest absolute Gasteiger partial charge is 0.138 e. The van der Waals surface area contributed by atoms with Crippen LogP contribution in [0.4, 0.5) is 0 Å². The highest BCUT2D eigenvalue weighted by Gasteiger charge is 2.12. The first-order chi connectivity index (χ1) is 23.3. The van der Waals surface area contributed by atoms with Crippen molar-refractivity contribution >= 4 is 32.8 Å². The van der Waals surface area contributed by atoms with E-state index < -0.39 is 0 Å². The average molecular weight is 604 g/mol. The summed E-state index contributed by atoms with van der Waals surface area (Å²) in [4.78, 5) is 8.14. The molecule has 0 saturated heterocycles. The quantitative estimate of drug-likeness (QED) is 0.205. The average Bonchev–Trinajstić information content (AvgIpc) is 3.72. The van der Waals surface area contributed by atoms with E-state index in [1.807, 2.05) is 42.5 Å². The van der Waals surface area contributed by atoms with Crippen LogP contribution >= 0.6 is 0 Å². The molecule has 9 aromatic rings. The van der Waals surface area contributed by atoms with Crippen molar-refractivity contribution in [3.05, 3.63) is 170 Å². The number of imidazole rings is 1. The zero-order valence-corrected chi connectivity index (χ0v) is 25.5. The summed E-state index contributed by atoms with van der Waals surface area (Å²) in [5.41, 5.74) is 11.3. The molecule has 0 spiro atoms. The molecule has 9 rings (SSSR count). The number of nitrogens with one attached hydrogen (secondary N) is 1. The van der Waals surface area contributed by atoms with Crippen LogP contribution in [0.3, 0.4) is 0 Å². The number of ether oxygens (including phenoxy) is 1. The third-order valence-corrected chi connectivity index (χ3v) is 8.86. The zero-order valence-electron chi connectivity index (χ0n) is 25.5. The lowest BCUT2D eigenvalue weighted by Gasteiger charge is -2.11. The van der Waals surface area contributed by atoms with E-state index >= 15 is 0 Å². The predicted octanol–water partition coefficient (Wildman–Crippen LogP) is 11.5. The number of benzene rings is 7. The normalized spacial score (nSPS) is 11.4. The van der Waals surface area contributed by atoms with Crippen LogP contribution in [-0.4, -0.2) is 14.5 Å². The van der Waals surface area contributed by atoms with E-state index in [2.05, 4.69) is 137 Å². The molecule has 0 atom stereocenters. The Labute approximate surface area is 272 Å². The number of nitrogens with zero attached hydrogens (tertiary/aromatic N) is 2. The Balaban J connectivity index is 0.895. The molecule has 0 bridgehead atoms. The monoisotopic (exact) mass is 603 g/mol. The number of rotatable bonds is 6. The topological polar surface area (TPSA) is 42.8 Å². The maximum absolute atomic E-state index is 6.24. The van der Waals surface area contributed by atoms with Gasteiger partial charge in [0.05, 0.1) is 22.1 Å². The maximum Gasteiger partial charge on any atom is 0.138 e. The predicted molar refractivity (Wildman–Crippen MR) is 193 cm³/mol. The van der Waals surface area contributed by atoms with Crippen molar-refractivity contribution < 1.29 is 4.74 Å². The first-order valence-electron chi connectivity index (χ1n) is 15.8. The molecule has 47 heavy (non-hydrogen) atoms. The Bertz CT molecular complexity index is 2420. The largest absolute Gasteiger partial charge is 0.457 e. The number of para-hydroxylation sites is 4. The molecular weight excluding hydrogens is 574 g/mol. The molecule has 4 heteroatoms. The molecule has 0 radical (unpaired) electrons. The number of hydrogen-bond acceptors (Lipinski definition) is 2. The molecule has 0 unspecified atom stereocenters. The van der Waals surface area contributed by atoms with Gasteiger partial charge < -0.3 is 14.3 Å². The maximum atomic E-state index is 6.24. The van der Waals surface area contributed by atoms with Crippen LogP contribution in [0.15, 0.2) is 170 Å². The van der Waals surface area contributed by atoms with Gasteiger partial charge in [0.15, 0.2) is 0 Å². The van der Waals surface area contributed by atoms with Crippen LogP contribution in [0.2, 0.25) is 0 Å². The van der Waals surface area contributed by atoms with Gasteiger partial charge in [0, 0.05) is 22.0 Å². The van der Waals surface area contributed by atoms with Gasteiger partial charge in [-0.15, -0.1) is 0 Å². The number of hydrogen-bond donors (Lipinski definition) is 1. The number of H-pyrrole nitrogens is 1. The second-order valence-corrected chi connectivity index (χ2v) is 11.7. The molecule has 2 aromatic heterocycles. The van der Waals surface area contributed by atoms with Crippen molar-refractivity contribution in [3.63, 3.8) is 0 Å². The Morgan fingerprint density at radius 1 is 0.426 bits per heavy atom. The molecule has 0 aliphatic rings. The molecule has 0 aliphatic heterocycles. The summed E-state index contributed by atoms with van der Waals surface area (Å²) in [5.74, 6) is 2.49. The summed E-state index contributed by atoms with van der Waals surface area (Å²) in [6.45, 7) is 0. The second kappa shape index (κ2) is 11.2. The van der Waals surface area contributed by atoms with Gasteiger partial charge in [-0.1, -0.05) is 109 Å². The molecule has 0 amide bonds. The summed E-state index contributed by atoms with van der Waals surface area (Å²) in [7, 11) is 0. The Hall–Kier alpha value is -6.39. The van der Waals surface area contributed by atoms with Gasteiger partial charge in [0.2, 0.25) is 0 Å². The molecule has 0 fully saturated rings. The summed E-state index contributed by atoms with van der Waals surface area (Å²) in [6, 6.07) is 59.1. The first kappa shape index (κ1) is 27.0. The summed E-state index contributed by atoms with van der Waals surface area (Å²) < 4.78 is 8.55. The molecule has 222 valence electrons. The lowest BCUT2D eigenvalue weighted by molar-refractivity contribution is 0.482. The SMILES string of the molecule is c1ccc2[nH]c(-c3ccc(-c4ccc(-c5ccc(Oc6ccc(-n7c8ccccc8c8ccccc87)cc6)cc5)cc4)cc3)nc2c1. The Morgan fingerprint density at radius 3 is 1.43 bits per heavy atom. The molecule has 7 aromatic carbocycles. The van der Waals surface area contributed by atoms with Crippen LogP contribution in [0.5, 0.6) is 11.5 Å². The third kappa shape index (κ3) is 4.93. The zero-order chi connectivity index (χ0) is 31.2. The Kier molecular flexibility index (Phi) is 6.43. The Morgan fingerprint density at radius 2 is 0.872 bits per heavy atom. The highest BCUT2D eigenvalue weighted by Crippen LogP contribution is 2.33. The van der Waals surface area contributed by atoms with Crippen molar-refractivity contribution in [1.29, 1.82) is 0 Å². The lowest BCUT2D eigenvalue weighted by atomic mass is 9.99. The summed E-state index contributed by atoms with van der Waals surface area (Å²) >= 11 is 0. The standard InChI is InChI=1S/C43H29N3O/c1-5-11-41-37(7-1)38-8-2-6-12-42(38)46(41)34-23-27-36(28-24-34)47-35-25-21-32(22-26-35)30-15-13-29(14-16-30)31-17-19-33(20-18-31)43-44-39-9-3-4-10-40(39)45-43/h1-28H,(H,44,45). The summed E-state index contributed by atoms with van der Waals surface area (Å²) in [6.07, 6.45) is 0. The molecule has 1 N–H and O–H groups in total. The fraction of sp³-hybridized carbons (Fsp3) is 0. The third-order valence-electron chi connectivity index (χ3n) is 8.86. The van der Waals surface area contributed by atoms with Gasteiger partial charge in [-0.05, 0) is 82.9 Å². The van der Waals surface area contributed by atoms with Gasteiger partial charge in [0.1, 0.15) is 17.3 Å². The van der Waals surface area contributed by atoms with E-state index in [0.717, 1.165) is 50.7 Å². The molecule has 4 nitrogen and oxygen atoms in total. The van der Waals surface area contributed by atoms with E-state index in [0.29, 0.717) is 0 Å². The fourth-order valence-electron chi connectivity index (χ4n) is 6.48. The molecule has 2 heterocycles. The van der Waals surface area contributed by atoms with E-state index in [9.17, 15) is 0 Å². The minimum Gasteiger partial charge on any atom is -0.457 e. The van der Waals surface area contributed by atoms with Crippen molar-refractivity contribution in [3.8, 4) is 50.8 Å². The minimum atomic E-state index is 0.804. The lowest BCUT2D eigenvalue weighted by Crippen LogP contribution is -1.93. The van der Waals surface area contributed by atoms with Crippen molar-refractivity contribution in [1.82, 2.24) is 14.5 Å². The van der Waals surface area contributed by atoms with Gasteiger partial charge in [-0.3, -0.25) is 0 Å². The van der Waals surface area contributed by atoms with Crippen molar-refractivity contribution in [2.75, 3.05) is 0 Å². The molecule has 0 aliphatic carbocycles. The molecule has 0 saturated carbocycles. The number of aromatic amines is 1. The van der Waals surface area contributed by atoms with Crippen LogP contribution in [0, 0.1) is 0 Å². The first-order valence-corrected chi connectivity index (χ1v) is 15.8. The highest BCUT2D eigenvalue weighted by molar-refractivity contribution is 6.09. The van der Waals surface area contributed by atoms with E-state index in [1.54, 1.807) is 0 Å². The van der Waals surface area contributed by atoms with E-state index in [1.165, 1.54) is 32.9 Å². The molecular formula is C43H29N3O. The van der Waals surface area contributed by atoms with Gasteiger partial charge >= 0.3 is 0 Å². The fourth-order valence-corrected chi connectivity index (χ4v) is 6.48.